The summed E-state index contributed by atoms with van der Waals surface area (Å²) in [6, 6.07) is 13.0. The van der Waals surface area contributed by atoms with Crippen molar-refractivity contribution in [3.63, 3.8) is 0 Å². The largest absolute Gasteiger partial charge is 0.490 e. The van der Waals surface area contributed by atoms with Gasteiger partial charge in [-0.25, -0.2) is 0 Å². The molecule has 0 amide bonds. The highest BCUT2D eigenvalue weighted by molar-refractivity contribution is 5.84. The molecular formula is C27H32F3NO3. The number of carboxylic acids is 1. The van der Waals surface area contributed by atoms with Crippen LogP contribution in [0.25, 0.3) is 10.8 Å². The average Bonchev–Trinajstić information content (AvgIpc) is 2.78. The van der Waals surface area contributed by atoms with E-state index in [9.17, 15) is 23.1 Å². The standard InChI is InChI=1S/C27H32F3NO3/c28-27(29,30)21-7-10-24(11-8-21)34-25-9-6-18-12-17(4-5-19(18)15-25)16-31-22-2-1-3-23(31)14-20(13-22)26(32)33/h4-6,9,12,15,20-24H,1-3,7-8,10-11,13-14,16H2,(H,32,33)/t20?,21-,22?,23?,24+. The molecule has 0 radical (unpaired) electrons. The van der Waals surface area contributed by atoms with Crippen LogP contribution in [0.1, 0.15) is 63.4 Å². The summed E-state index contributed by atoms with van der Waals surface area (Å²) >= 11 is 0. The van der Waals surface area contributed by atoms with Crippen molar-refractivity contribution in [2.45, 2.75) is 88.7 Å². The molecule has 2 unspecified atom stereocenters. The van der Waals surface area contributed by atoms with Crippen molar-refractivity contribution in [1.29, 1.82) is 0 Å². The van der Waals surface area contributed by atoms with Gasteiger partial charge in [0.25, 0.3) is 0 Å². The second kappa shape index (κ2) is 9.40. The van der Waals surface area contributed by atoms with E-state index < -0.39 is 18.1 Å². The smallest absolute Gasteiger partial charge is 0.391 e. The molecule has 3 fully saturated rings. The van der Waals surface area contributed by atoms with Crippen LogP contribution in [0.5, 0.6) is 5.75 Å². The molecule has 34 heavy (non-hydrogen) atoms. The van der Waals surface area contributed by atoms with Gasteiger partial charge in [0, 0.05) is 18.6 Å². The molecule has 1 aliphatic carbocycles. The van der Waals surface area contributed by atoms with Crippen molar-refractivity contribution in [3.05, 3.63) is 42.0 Å². The Hall–Kier alpha value is -2.28. The van der Waals surface area contributed by atoms with E-state index in [2.05, 4.69) is 23.1 Å². The minimum atomic E-state index is -4.10. The maximum absolute atomic E-state index is 12.9. The van der Waals surface area contributed by atoms with Gasteiger partial charge in [0.15, 0.2) is 0 Å². The number of aliphatic carboxylic acids is 1. The van der Waals surface area contributed by atoms with Crippen LogP contribution in [0, 0.1) is 11.8 Å². The molecule has 2 bridgehead atoms. The first kappa shape index (κ1) is 23.5. The third kappa shape index (κ3) is 5.04. The summed E-state index contributed by atoms with van der Waals surface area (Å²) in [6.45, 7) is 0.832. The molecule has 0 aromatic heterocycles. The number of carboxylic acid groups (broad SMARTS) is 1. The molecule has 2 atom stereocenters. The van der Waals surface area contributed by atoms with Crippen LogP contribution in [0.3, 0.4) is 0 Å². The lowest BCUT2D eigenvalue weighted by Gasteiger charge is -2.48. The van der Waals surface area contributed by atoms with Gasteiger partial charge in [-0.15, -0.1) is 0 Å². The molecule has 3 aliphatic rings. The lowest BCUT2D eigenvalue weighted by Crippen LogP contribution is -2.52. The number of benzene rings is 2. The molecule has 0 spiro atoms. The minimum Gasteiger partial charge on any atom is -0.490 e. The van der Waals surface area contributed by atoms with Crippen LogP contribution >= 0.6 is 0 Å². The topological polar surface area (TPSA) is 49.8 Å². The van der Waals surface area contributed by atoms with Crippen molar-refractivity contribution >= 4 is 16.7 Å². The molecular weight excluding hydrogens is 443 g/mol. The van der Waals surface area contributed by atoms with E-state index in [0.29, 0.717) is 30.7 Å². The fourth-order valence-corrected chi connectivity index (χ4v) is 6.29. The van der Waals surface area contributed by atoms with Crippen LogP contribution in [-0.4, -0.2) is 40.3 Å². The second-order valence-electron chi connectivity index (χ2n) is 10.4. The number of fused-ring (bicyclic) bond motifs is 3. The van der Waals surface area contributed by atoms with Crippen LogP contribution in [0.4, 0.5) is 13.2 Å². The SMILES string of the molecule is O=C(O)C1CC2CCCC(C1)N2Cc1ccc2cc(O[C@H]3CC[C@@H](C(F)(F)F)CC3)ccc2c1. The first-order chi connectivity index (χ1) is 16.3. The zero-order chi connectivity index (χ0) is 23.9. The van der Waals surface area contributed by atoms with Gasteiger partial charge in [-0.05, 0) is 85.9 Å². The summed E-state index contributed by atoms with van der Waals surface area (Å²) in [5, 5.41) is 11.6. The lowest BCUT2D eigenvalue weighted by atomic mass is 9.78. The van der Waals surface area contributed by atoms with Gasteiger partial charge in [-0.1, -0.05) is 24.6 Å². The van der Waals surface area contributed by atoms with Gasteiger partial charge in [0.2, 0.25) is 0 Å². The van der Waals surface area contributed by atoms with Crippen molar-refractivity contribution in [2.24, 2.45) is 11.8 Å². The molecule has 2 heterocycles. The van der Waals surface area contributed by atoms with Crippen molar-refractivity contribution in [1.82, 2.24) is 4.90 Å². The van der Waals surface area contributed by atoms with E-state index in [1.54, 1.807) is 0 Å². The Balaban J connectivity index is 1.23. The molecule has 2 aliphatic heterocycles. The number of hydrogen-bond donors (Lipinski definition) is 1. The Bertz CT molecular complexity index is 1020. The normalized spacial score (nSPS) is 30.3. The second-order valence-corrected chi connectivity index (χ2v) is 10.4. The van der Waals surface area contributed by atoms with Gasteiger partial charge >= 0.3 is 12.1 Å². The molecule has 4 nitrogen and oxygen atoms in total. The summed E-state index contributed by atoms with van der Waals surface area (Å²) in [7, 11) is 0. The maximum atomic E-state index is 12.9. The zero-order valence-electron chi connectivity index (χ0n) is 19.3. The first-order valence-corrected chi connectivity index (χ1v) is 12.5. The summed E-state index contributed by atoms with van der Waals surface area (Å²) in [6.07, 6.45) is 1.67. The van der Waals surface area contributed by atoms with Gasteiger partial charge in [-0.3, -0.25) is 9.69 Å². The Labute approximate surface area is 198 Å². The van der Waals surface area contributed by atoms with Crippen LogP contribution in [0.15, 0.2) is 36.4 Å². The lowest BCUT2D eigenvalue weighted by molar-refractivity contribution is -0.185. The Morgan fingerprint density at radius 3 is 2.24 bits per heavy atom. The predicted molar refractivity (Wildman–Crippen MR) is 124 cm³/mol. The summed E-state index contributed by atoms with van der Waals surface area (Å²) in [5.74, 6) is -1.36. The number of piperidine rings is 2. The van der Waals surface area contributed by atoms with Crippen LogP contribution in [-0.2, 0) is 11.3 Å². The molecule has 184 valence electrons. The Morgan fingerprint density at radius 1 is 0.941 bits per heavy atom. The van der Waals surface area contributed by atoms with E-state index in [1.807, 2.05) is 18.2 Å². The van der Waals surface area contributed by atoms with E-state index in [4.69, 9.17) is 4.74 Å². The quantitative estimate of drug-likeness (QED) is 0.532. The van der Waals surface area contributed by atoms with Gasteiger partial charge < -0.3 is 9.84 Å². The fraction of sp³-hybridized carbons (Fsp3) is 0.593. The highest BCUT2D eigenvalue weighted by atomic mass is 19.4. The Kier molecular flexibility index (Phi) is 6.49. The fourth-order valence-electron chi connectivity index (χ4n) is 6.29. The molecule has 2 saturated heterocycles. The number of halogens is 3. The number of ether oxygens (including phenoxy) is 1. The van der Waals surface area contributed by atoms with Crippen molar-refractivity contribution in [3.8, 4) is 5.75 Å². The summed E-state index contributed by atoms with van der Waals surface area (Å²) in [5.41, 5.74) is 1.22. The number of rotatable bonds is 5. The highest BCUT2D eigenvalue weighted by Crippen LogP contribution is 2.40. The van der Waals surface area contributed by atoms with Gasteiger partial charge in [-0.2, -0.15) is 13.2 Å². The first-order valence-electron chi connectivity index (χ1n) is 12.5. The minimum absolute atomic E-state index is 0.136. The molecule has 1 N–H and O–H groups in total. The Morgan fingerprint density at radius 2 is 1.59 bits per heavy atom. The van der Waals surface area contributed by atoms with Gasteiger partial charge in [0.05, 0.1) is 17.9 Å². The number of carbonyl (C=O) groups is 1. The van der Waals surface area contributed by atoms with Crippen molar-refractivity contribution < 1.29 is 27.8 Å². The van der Waals surface area contributed by atoms with Crippen LogP contribution in [0.2, 0.25) is 0 Å². The summed E-state index contributed by atoms with van der Waals surface area (Å²) in [4.78, 5) is 14.0. The predicted octanol–water partition coefficient (Wildman–Crippen LogP) is 6.56. The van der Waals surface area contributed by atoms with E-state index in [-0.39, 0.29) is 24.9 Å². The van der Waals surface area contributed by atoms with Gasteiger partial charge in [0.1, 0.15) is 5.75 Å². The monoisotopic (exact) mass is 475 g/mol. The van der Waals surface area contributed by atoms with E-state index in [1.165, 1.54) is 12.0 Å². The summed E-state index contributed by atoms with van der Waals surface area (Å²) < 4.78 is 44.7. The molecule has 7 heteroatoms. The number of hydrogen-bond acceptors (Lipinski definition) is 3. The van der Waals surface area contributed by atoms with E-state index in [0.717, 1.165) is 43.0 Å². The third-order valence-electron chi connectivity index (χ3n) is 8.16. The maximum Gasteiger partial charge on any atom is 0.391 e. The zero-order valence-corrected chi connectivity index (χ0v) is 19.3. The number of nitrogens with zero attached hydrogens (tertiary/aromatic N) is 1. The number of alkyl halides is 3. The molecule has 2 aromatic rings. The molecule has 5 rings (SSSR count). The third-order valence-corrected chi connectivity index (χ3v) is 8.16. The van der Waals surface area contributed by atoms with Crippen LogP contribution < -0.4 is 4.74 Å². The molecule has 1 saturated carbocycles. The molecule has 2 aromatic carbocycles. The van der Waals surface area contributed by atoms with Crippen molar-refractivity contribution in [2.75, 3.05) is 0 Å². The average molecular weight is 476 g/mol. The van der Waals surface area contributed by atoms with E-state index >= 15 is 0 Å². The highest BCUT2D eigenvalue weighted by Gasteiger charge is 2.42.